The fourth-order valence-electron chi connectivity index (χ4n) is 3.03. The lowest BCUT2D eigenvalue weighted by atomic mass is 10.1. The number of hydrogen-bond donors (Lipinski definition) is 0. The predicted octanol–water partition coefficient (Wildman–Crippen LogP) is 0.0265. The van der Waals surface area contributed by atoms with Crippen molar-refractivity contribution in [3.63, 3.8) is 0 Å². The van der Waals surface area contributed by atoms with Gasteiger partial charge in [-0.05, 0) is 18.6 Å². The predicted molar refractivity (Wildman–Crippen MR) is 78.8 cm³/mol. The maximum atomic E-state index is 12.3. The average molecular weight is 309 g/mol. The molecule has 1 amide bonds. The lowest BCUT2D eigenvalue weighted by Crippen LogP contribution is -2.52. The molecule has 7 heteroatoms. The van der Waals surface area contributed by atoms with E-state index in [9.17, 15) is 13.2 Å². The fourth-order valence-corrected chi connectivity index (χ4v) is 4.79. The summed E-state index contributed by atoms with van der Waals surface area (Å²) < 4.78 is 23.1. The largest absolute Gasteiger partial charge is 0.336 e. The van der Waals surface area contributed by atoms with Gasteiger partial charge in [0.1, 0.15) is 0 Å². The number of amides is 1. The van der Waals surface area contributed by atoms with Crippen molar-refractivity contribution in [2.24, 2.45) is 0 Å². The maximum absolute atomic E-state index is 12.3. The van der Waals surface area contributed by atoms with E-state index < -0.39 is 9.84 Å². The highest BCUT2D eigenvalue weighted by Gasteiger charge is 2.34. The van der Waals surface area contributed by atoms with Crippen LogP contribution in [0.15, 0.2) is 24.5 Å². The van der Waals surface area contributed by atoms with E-state index in [-0.39, 0.29) is 17.7 Å². The van der Waals surface area contributed by atoms with Crippen molar-refractivity contribution in [2.75, 3.05) is 37.7 Å². The molecule has 0 spiro atoms. The van der Waals surface area contributed by atoms with Gasteiger partial charge < -0.3 is 4.90 Å². The van der Waals surface area contributed by atoms with E-state index in [4.69, 9.17) is 0 Å². The van der Waals surface area contributed by atoms with Crippen LogP contribution in [0.2, 0.25) is 0 Å². The molecule has 1 aromatic heterocycles. The molecular weight excluding hydrogens is 290 g/mol. The first kappa shape index (κ1) is 14.5. The molecule has 21 heavy (non-hydrogen) atoms. The van der Waals surface area contributed by atoms with Crippen molar-refractivity contribution in [3.8, 4) is 0 Å². The molecule has 0 aromatic carbocycles. The van der Waals surface area contributed by atoms with E-state index in [1.165, 1.54) is 0 Å². The van der Waals surface area contributed by atoms with Crippen LogP contribution in [-0.2, 0) is 9.84 Å². The first-order valence-corrected chi connectivity index (χ1v) is 9.01. The van der Waals surface area contributed by atoms with E-state index in [1.807, 2.05) is 4.90 Å². The lowest BCUT2D eigenvalue weighted by molar-refractivity contribution is 0.0587. The molecule has 6 nitrogen and oxygen atoms in total. The minimum atomic E-state index is -2.85. The van der Waals surface area contributed by atoms with E-state index in [1.54, 1.807) is 24.5 Å². The van der Waals surface area contributed by atoms with Gasteiger partial charge >= 0.3 is 0 Å². The molecule has 0 bridgehead atoms. The van der Waals surface area contributed by atoms with E-state index in [0.29, 0.717) is 24.4 Å². The SMILES string of the molecule is O=C(c1ccncc1)N1CCN(C2CCS(=O)(=O)C2)CC1. The van der Waals surface area contributed by atoms with Crippen molar-refractivity contribution in [1.82, 2.24) is 14.8 Å². The van der Waals surface area contributed by atoms with Crippen LogP contribution in [0.4, 0.5) is 0 Å². The number of carbonyl (C=O) groups excluding carboxylic acids is 1. The standard InChI is InChI=1S/C14H19N3O3S/c18-14(12-1-4-15-5-2-12)17-8-6-16(7-9-17)13-3-10-21(19,20)11-13/h1-2,4-5,13H,3,6-11H2. The molecule has 0 radical (unpaired) electrons. The normalized spacial score (nSPS) is 25.9. The van der Waals surface area contributed by atoms with Gasteiger partial charge in [-0.15, -0.1) is 0 Å². The van der Waals surface area contributed by atoms with Crippen molar-refractivity contribution < 1.29 is 13.2 Å². The van der Waals surface area contributed by atoms with Gasteiger partial charge in [0.25, 0.3) is 5.91 Å². The minimum Gasteiger partial charge on any atom is -0.336 e. The highest BCUT2D eigenvalue weighted by molar-refractivity contribution is 7.91. The molecular formula is C14H19N3O3S. The van der Waals surface area contributed by atoms with Gasteiger partial charge in [-0.1, -0.05) is 0 Å². The summed E-state index contributed by atoms with van der Waals surface area (Å²) in [5, 5.41) is 0. The Morgan fingerprint density at radius 1 is 1.14 bits per heavy atom. The van der Waals surface area contributed by atoms with Crippen LogP contribution in [0.5, 0.6) is 0 Å². The summed E-state index contributed by atoms with van der Waals surface area (Å²) in [4.78, 5) is 20.3. The number of pyridine rings is 1. The van der Waals surface area contributed by atoms with Crippen LogP contribution in [0.25, 0.3) is 0 Å². The Morgan fingerprint density at radius 2 is 1.81 bits per heavy atom. The zero-order valence-corrected chi connectivity index (χ0v) is 12.6. The van der Waals surface area contributed by atoms with E-state index in [0.717, 1.165) is 19.5 Å². The summed E-state index contributed by atoms with van der Waals surface area (Å²) in [5.41, 5.74) is 0.655. The monoisotopic (exact) mass is 309 g/mol. The molecule has 114 valence electrons. The topological polar surface area (TPSA) is 70.6 Å². The molecule has 0 saturated carbocycles. The van der Waals surface area contributed by atoms with Crippen LogP contribution in [0, 0.1) is 0 Å². The Hall–Kier alpha value is -1.47. The second kappa shape index (κ2) is 5.73. The third kappa shape index (κ3) is 3.24. The molecule has 2 fully saturated rings. The Balaban J connectivity index is 1.57. The molecule has 1 aromatic rings. The zero-order chi connectivity index (χ0) is 14.9. The van der Waals surface area contributed by atoms with Gasteiger partial charge in [0, 0.05) is 50.2 Å². The van der Waals surface area contributed by atoms with Gasteiger partial charge in [0.15, 0.2) is 9.84 Å². The number of hydrogen-bond acceptors (Lipinski definition) is 5. The lowest BCUT2D eigenvalue weighted by Gasteiger charge is -2.37. The Kier molecular flexibility index (Phi) is 3.95. The number of sulfone groups is 1. The minimum absolute atomic E-state index is 0.0242. The summed E-state index contributed by atoms with van der Waals surface area (Å²) in [5.74, 6) is 0.593. The highest BCUT2D eigenvalue weighted by atomic mass is 32.2. The van der Waals surface area contributed by atoms with E-state index in [2.05, 4.69) is 9.88 Å². The zero-order valence-electron chi connectivity index (χ0n) is 11.8. The summed E-state index contributed by atoms with van der Waals surface area (Å²) >= 11 is 0. The van der Waals surface area contributed by atoms with Crippen LogP contribution in [0.3, 0.4) is 0 Å². The Morgan fingerprint density at radius 3 is 2.38 bits per heavy atom. The Labute approximate surface area is 124 Å². The van der Waals surface area contributed by atoms with Gasteiger partial charge in [0.2, 0.25) is 0 Å². The highest BCUT2D eigenvalue weighted by Crippen LogP contribution is 2.19. The summed E-state index contributed by atoms with van der Waals surface area (Å²) in [6.45, 7) is 2.80. The molecule has 3 heterocycles. The van der Waals surface area contributed by atoms with Crippen LogP contribution < -0.4 is 0 Å². The second-order valence-corrected chi connectivity index (χ2v) is 7.85. The van der Waals surface area contributed by atoms with E-state index >= 15 is 0 Å². The number of aromatic nitrogens is 1. The van der Waals surface area contributed by atoms with Gasteiger partial charge in [-0.25, -0.2) is 8.42 Å². The van der Waals surface area contributed by atoms with Crippen LogP contribution in [-0.4, -0.2) is 72.8 Å². The van der Waals surface area contributed by atoms with Crippen molar-refractivity contribution in [1.29, 1.82) is 0 Å². The van der Waals surface area contributed by atoms with Crippen molar-refractivity contribution >= 4 is 15.7 Å². The van der Waals surface area contributed by atoms with Crippen molar-refractivity contribution in [2.45, 2.75) is 12.5 Å². The number of piperazine rings is 1. The third-order valence-corrected chi connectivity index (χ3v) is 6.00. The van der Waals surface area contributed by atoms with Gasteiger partial charge in [0.05, 0.1) is 11.5 Å². The molecule has 2 saturated heterocycles. The average Bonchev–Trinajstić information content (AvgIpc) is 2.88. The molecule has 2 aliphatic heterocycles. The fraction of sp³-hybridized carbons (Fsp3) is 0.571. The number of carbonyl (C=O) groups is 1. The summed E-state index contributed by atoms with van der Waals surface area (Å²) in [6.07, 6.45) is 3.96. The van der Waals surface area contributed by atoms with Gasteiger partial charge in [-0.2, -0.15) is 0 Å². The number of rotatable bonds is 2. The maximum Gasteiger partial charge on any atom is 0.254 e. The van der Waals surface area contributed by atoms with Crippen LogP contribution in [0.1, 0.15) is 16.8 Å². The first-order chi connectivity index (χ1) is 10.1. The molecule has 0 aliphatic carbocycles. The van der Waals surface area contributed by atoms with Crippen molar-refractivity contribution in [3.05, 3.63) is 30.1 Å². The second-order valence-electron chi connectivity index (χ2n) is 5.62. The smallest absolute Gasteiger partial charge is 0.254 e. The molecule has 1 unspecified atom stereocenters. The summed E-state index contributed by atoms with van der Waals surface area (Å²) in [6, 6.07) is 3.57. The molecule has 3 rings (SSSR count). The van der Waals surface area contributed by atoms with Gasteiger partial charge in [-0.3, -0.25) is 14.7 Å². The number of nitrogens with zero attached hydrogens (tertiary/aromatic N) is 3. The molecule has 1 atom stereocenters. The summed E-state index contributed by atoms with van der Waals surface area (Å²) in [7, 11) is -2.85. The first-order valence-electron chi connectivity index (χ1n) is 7.19. The molecule has 2 aliphatic rings. The van der Waals surface area contributed by atoms with Crippen LogP contribution >= 0.6 is 0 Å². The molecule has 0 N–H and O–H groups in total. The Bertz CT molecular complexity index is 610. The quantitative estimate of drug-likeness (QED) is 0.770. The third-order valence-electron chi connectivity index (χ3n) is 4.25.